The average molecular weight is 109 g/mol. The molecule has 0 unspecified atom stereocenters. The van der Waals surface area contributed by atoms with E-state index in [1.165, 1.54) is 7.05 Å². The average Bonchev–Trinajstić information content (AvgIpc) is 1.35. The third-order valence-corrected chi connectivity index (χ3v) is 0.235. The summed E-state index contributed by atoms with van der Waals surface area (Å²) in [6.45, 7) is 0. The molecule has 0 aromatic rings. The van der Waals surface area contributed by atoms with Gasteiger partial charge in [-0.3, -0.25) is 4.99 Å². The van der Waals surface area contributed by atoms with Crippen LogP contribution in [0.5, 0.6) is 0 Å². The van der Waals surface area contributed by atoms with E-state index in [9.17, 15) is 9.90 Å². The van der Waals surface area contributed by atoms with Gasteiger partial charge in [0.2, 0.25) is 0 Å². The van der Waals surface area contributed by atoms with Crippen LogP contribution < -0.4 is 34.7 Å². The van der Waals surface area contributed by atoms with Crippen molar-refractivity contribution in [3.8, 4) is 0 Å². The largest absolute Gasteiger partial charge is 1.00 e. The summed E-state index contributed by atoms with van der Waals surface area (Å²) in [4.78, 5) is 12.5. The second kappa shape index (κ2) is 6.14. The first-order chi connectivity index (χ1) is 2.77. The molecule has 0 bridgehead atoms. The SMILES string of the molecule is CN=CC(=O)[O-].[Na+]. The van der Waals surface area contributed by atoms with Crippen LogP contribution in [0.3, 0.4) is 0 Å². The molecule has 0 aliphatic heterocycles. The molecular weight excluding hydrogens is 105 g/mol. The monoisotopic (exact) mass is 109 g/mol. The number of nitrogens with zero attached hydrogens (tertiary/aromatic N) is 1. The van der Waals surface area contributed by atoms with Crippen molar-refractivity contribution in [1.29, 1.82) is 0 Å². The van der Waals surface area contributed by atoms with Gasteiger partial charge in [-0.15, -0.1) is 0 Å². The number of rotatable bonds is 1. The van der Waals surface area contributed by atoms with Crippen molar-refractivity contribution in [2.75, 3.05) is 7.05 Å². The summed E-state index contributed by atoms with van der Waals surface area (Å²) in [5, 5.41) is 9.34. The molecule has 0 amide bonds. The van der Waals surface area contributed by atoms with Crippen LogP contribution in [0, 0.1) is 0 Å². The number of hydrogen-bond donors (Lipinski definition) is 0. The van der Waals surface area contributed by atoms with Gasteiger partial charge in [-0.1, -0.05) is 0 Å². The van der Waals surface area contributed by atoms with Crippen LogP contribution >= 0.6 is 0 Å². The van der Waals surface area contributed by atoms with E-state index in [1.54, 1.807) is 0 Å². The van der Waals surface area contributed by atoms with Crippen molar-refractivity contribution in [2.45, 2.75) is 0 Å². The van der Waals surface area contributed by atoms with E-state index in [2.05, 4.69) is 4.99 Å². The minimum atomic E-state index is -1.25. The molecule has 0 spiro atoms. The normalized spacial score (nSPS) is 8.14. The molecule has 0 N–H and O–H groups in total. The molecule has 0 saturated heterocycles. The Morgan fingerprint density at radius 2 is 2.29 bits per heavy atom. The Balaban J connectivity index is 0. The van der Waals surface area contributed by atoms with E-state index in [0.717, 1.165) is 6.21 Å². The molecule has 7 heavy (non-hydrogen) atoms. The van der Waals surface area contributed by atoms with Crippen LogP contribution in [0.15, 0.2) is 4.99 Å². The molecule has 0 rings (SSSR count). The maximum atomic E-state index is 9.34. The van der Waals surface area contributed by atoms with Gasteiger partial charge in [0, 0.05) is 13.3 Å². The van der Waals surface area contributed by atoms with Gasteiger partial charge in [0.25, 0.3) is 0 Å². The standard InChI is InChI=1S/C3H5NO2.Na/c1-4-2-3(5)6;/h2H,1H3,(H,5,6);/q;+1/p-1. The first-order valence-electron chi connectivity index (χ1n) is 1.40. The van der Waals surface area contributed by atoms with Crippen LogP contribution in [0.4, 0.5) is 0 Å². The van der Waals surface area contributed by atoms with E-state index in [4.69, 9.17) is 0 Å². The Kier molecular flexibility index (Phi) is 8.94. The number of hydrogen-bond acceptors (Lipinski definition) is 3. The van der Waals surface area contributed by atoms with Crippen LogP contribution in [0.25, 0.3) is 0 Å². The topological polar surface area (TPSA) is 52.5 Å². The molecule has 3 nitrogen and oxygen atoms in total. The van der Waals surface area contributed by atoms with Crippen molar-refractivity contribution >= 4 is 12.2 Å². The maximum Gasteiger partial charge on any atom is 1.00 e. The fourth-order valence-electron chi connectivity index (χ4n) is 0.105. The zero-order valence-electron chi connectivity index (χ0n) is 4.34. The predicted molar refractivity (Wildman–Crippen MR) is 19.4 cm³/mol. The Hall–Kier alpha value is 0.140. The van der Waals surface area contributed by atoms with Crippen molar-refractivity contribution in [3.63, 3.8) is 0 Å². The summed E-state index contributed by atoms with van der Waals surface area (Å²) in [5.74, 6) is -1.25. The summed E-state index contributed by atoms with van der Waals surface area (Å²) in [6.07, 6.45) is 0.722. The van der Waals surface area contributed by atoms with Gasteiger partial charge in [-0.2, -0.15) is 0 Å². The molecule has 0 radical (unpaired) electrons. The molecule has 0 aliphatic carbocycles. The minimum Gasteiger partial charge on any atom is -0.544 e. The Bertz CT molecular complexity index is 81.0. The van der Waals surface area contributed by atoms with Gasteiger partial charge in [-0.25, -0.2) is 0 Å². The van der Waals surface area contributed by atoms with Crippen LogP contribution in [-0.2, 0) is 4.79 Å². The molecule has 0 fully saturated rings. The molecule has 0 saturated carbocycles. The third-order valence-electron chi connectivity index (χ3n) is 0.235. The smallest absolute Gasteiger partial charge is 0.544 e. The van der Waals surface area contributed by atoms with Crippen molar-refractivity contribution in [3.05, 3.63) is 0 Å². The number of aliphatic carboxylic acids is 1. The fraction of sp³-hybridized carbons (Fsp3) is 0.333. The summed E-state index contributed by atoms with van der Waals surface area (Å²) in [7, 11) is 1.37. The Morgan fingerprint density at radius 1 is 1.86 bits per heavy atom. The van der Waals surface area contributed by atoms with Gasteiger partial charge in [0.1, 0.15) is 0 Å². The molecule has 0 aromatic heterocycles. The second-order valence-electron chi connectivity index (χ2n) is 0.706. The minimum absolute atomic E-state index is 0. The van der Waals surface area contributed by atoms with Crippen LogP contribution in [0.1, 0.15) is 0 Å². The quantitative estimate of drug-likeness (QED) is 0.251. The number of carboxylic acids is 1. The summed E-state index contributed by atoms with van der Waals surface area (Å²) >= 11 is 0. The van der Waals surface area contributed by atoms with E-state index in [1.807, 2.05) is 0 Å². The molecule has 0 atom stereocenters. The van der Waals surface area contributed by atoms with E-state index >= 15 is 0 Å². The maximum absolute atomic E-state index is 9.34. The van der Waals surface area contributed by atoms with E-state index < -0.39 is 5.97 Å². The first-order valence-corrected chi connectivity index (χ1v) is 1.40. The zero-order valence-corrected chi connectivity index (χ0v) is 6.34. The van der Waals surface area contributed by atoms with Gasteiger partial charge in [0.15, 0.2) is 0 Å². The van der Waals surface area contributed by atoms with Gasteiger partial charge >= 0.3 is 29.6 Å². The first kappa shape index (κ1) is 10.2. The second-order valence-corrected chi connectivity index (χ2v) is 0.706. The zero-order chi connectivity index (χ0) is 4.99. The number of carboxylic acid groups (broad SMARTS) is 1. The van der Waals surface area contributed by atoms with Crippen molar-refractivity contribution in [2.24, 2.45) is 4.99 Å². The van der Waals surface area contributed by atoms with Crippen molar-refractivity contribution < 1.29 is 39.5 Å². The van der Waals surface area contributed by atoms with Crippen LogP contribution in [0.2, 0.25) is 0 Å². The molecule has 0 aromatic carbocycles. The van der Waals surface area contributed by atoms with Gasteiger partial charge < -0.3 is 9.90 Å². The number of aliphatic imine (C=N–C) groups is 1. The molecule has 0 aliphatic rings. The summed E-state index contributed by atoms with van der Waals surface area (Å²) < 4.78 is 0. The molecule has 4 heteroatoms. The van der Waals surface area contributed by atoms with Crippen LogP contribution in [-0.4, -0.2) is 19.2 Å². The summed E-state index contributed by atoms with van der Waals surface area (Å²) in [5.41, 5.74) is 0. The third kappa shape index (κ3) is 10.7. The summed E-state index contributed by atoms with van der Waals surface area (Å²) in [6, 6.07) is 0. The van der Waals surface area contributed by atoms with Crippen molar-refractivity contribution in [1.82, 2.24) is 0 Å². The molecular formula is C3H4NNaO2. The molecule has 0 heterocycles. The van der Waals surface area contributed by atoms with E-state index in [-0.39, 0.29) is 29.6 Å². The predicted octanol–water partition coefficient (Wildman–Crippen LogP) is -4.56. The van der Waals surface area contributed by atoms with Gasteiger partial charge in [-0.05, 0) is 0 Å². The molecule has 34 valence electrons. The van der Waals surface area contributed by atoms with Gasteiger partial charge in [0.05, 0.1) is 5.97 Å². The fourth-order valence-corrected chi connectivity index (χ4v) is 0.105. The van der Waals surface area contributed by atoms with E-state index in [0.29, 0.717) is 0 Å². The Morgan fingerprint density at radius 3 is 2.29 bits per heavy atom. The Labute approximate surface area is 63.7 Å². The number of carbonyl (C=O) groups is 1. The number of carbonyl (C=O) groups excluding carboxylic acids is 1.